The SMILES string of the molecule is CCNC(=O)OCC.[Zn]. The van der Waals surface area contributed by atoms with Gasteiger partial charge in [0, 0.05) is 26.0 Å². The van der Waals surface area contributed by atoms with Gasteiger partial charge in [0.25, 0.3) is 0 Å². The average molecular weight is 183 g/mol. The smallest absolute Gasteiger partial charge is 0.407 e. The first-order valence-corrected chi connectivity index (χ1v) is 2.71. The molecule has 3 nitrogen and oxygen atoms in total. The molecule has 0 unspecified atom stereocenters. The molecular weight excluding hydrogens is 171 g/mol. The van der Waals surface area contributed by atoms with Gasteiger partial charge in [-0.3, -0.25) is 0 Å². The number of hydrogen-bond donors (Lipinski definition) is 1. The second-order valence-electron chi connectivity index (χ2n) is 1.25. The fourth-order valence-corrected chi connectivity index (χ4v) is 0.326. The zero-order valence-electron chi connectivity index (χ0n) is 5.94. The average Bonchev–Trinajstić information content (AvgIpc) is 1.68. The van der Waals surface area contributed by atoms with Crippen LogP contribution in [-0.4, -0.2) is 19.2 Å². The van der Waals surface area contributed by atoms with Crippen molar-refractivity contribution in [3.05, 3.63) is 0 Å². The van der Waals surface area contributed by atoms with Crippen molar-refractivity contribution in [1.29, 1.82) is 0 Å². The van der Waals surface area contributed by atoms with Crippen molar-refractivity contribution in [2.24, 2.45) is 0 Å². The largest absolute Gasteiger partial charge is 0.450 e. The van der Waals surface area contributed by atoms with Crippen molar-refractivity contribution in [3.8, 4) is 0 Å². The molecule has 0 aromatic rings. The predicted octanol–water partition coefficient (Wildman–Crippen LogP) is 0.750. The van der Waals surface area contributed by atoms with E-state index >= 15 is 0 Å². The van der Waals surface area contributed by atoms with E-state index < -0.39 is 0 Å². The molecule has 0 aliphatic rings. The number of nitrogens with one attached hydrogen (secondary N) is 1. The Hall–Kier alpha value is -0.107. The van der Waals surface area contributed by atoms with Crippen LogP contribution in [0.4, 0.5) is 4.79 Å². The van der Waals surface area contributed by atoms with Crippen molar-refractivity contribution in [1.82, 2.24) is 5.32 Å². The quantitative estimate of drug-likeness (QED) is 0.640. The zero-order valence-corrected chi connectivity index (χ0v) is 8.90. The van der Waals surface area contributed by atoms with Crippen LogP contribution in [0.25, 0.3) is 0 Å². The summed E-state index contributed by atoms with van der Waals surface area (Å²) >= 11 is 0. The number of ether oxygens (including phenoxy) is 1. The third kappa shape index (κ3) is 7.89. The molecule has 0 aromatic heterocycles. The molecule has 0 saturated carbocycles. The monoisotopic (exact) mass is 181 g/mol. The van der Waals surface area contributed by atoms with Crippen LogP contribution in [0.2, 0.25) is 0 Å². The van der Waals surface area contributed by atoms with E-state index in [1.54, 1.807) is 6.92 Å². The van der Waals surface area contributed by atoms with Crippen molar-refractivity contribution in [2.45, 2.75) is 13.8 Å². The zero-order chi connectivity index (χ0) is 6.41. The van der Waals surface area contributed by atoms with E-state index in [4.69, 9.17) is 0 Å². The molecule has 0 aromatic carbocycles. The van der Waals surface area contributed by atoms with Crippen LogP contribution >= 0.6 is 0 Å². The van der Waals surface area contributed by atoms with Gasteiger partial charge in [-0.2, -0.15) is 0 Å². The summed E-state index contributed by atoms with van der Waals surface area (Å²) in [5.74, 6) is 0. The molecule has 9 heavy (non-hydrogen) atoms. The van der Waals surface area contributed by atoms with E-state index in [1.807, 2.05) is 6.92 Å². The second-order valence-corrected chi connectivity index (χ2v) is 1.25. The Labute approximate surface area is 67.9 Å². The molecular formula is C5H11NO2Zn. The number of alkyl carbamates (subject to hydrolysis) is 1. The number of rotatable bonds is 2. The van der Waals surface area contributed by atoms with Crippen LogP contribution in [0.15, 0.2) is 0 Å². The molecule has 0 rings (SSSR count). The van der Waals surface area contributed by atoms with Crippen molar-refractivity contribution >= 4 is 6.09 Å². The van der Waals surface area contributed by atoms with Crippen LogP contribution < -0.4 is 5.32 Å². The second kappa shape index (κ2) is 7.89. The molecule has 0 saturated heterocycles. The van der Waals surface area contributed by atoms with E-state index in [9.17, 15) is 4.79 Å². The fraction of sp³-hybridized carbons (Fsp3) is 0.800. The van der Waals surface area contributed by atoms with Crippen LogP contribution in [0, 0.1) is 0 Å². The van der Waals surface area contributed by atoms with Crippen LogP contribution in [0.1, 0.15) is 13.8 Å². The Kier molecular flexibility index (Phi) is 10.2. The summed E-state index contributed by atoms with van der Waals surface area (Å²) in [6.07, 6.45) is -0.338. The maximum atomic E-state index is 10.3. The first-order valence-electron chi connectivity index (χ1n) is 2.71. The minimum atomic E-state index is -0.338. The normalized spacial score (nSPS) is 7.33. The summed E-state index contributed by atoms with van der Waals surface area (Å²) in [6.45, 7) is 4.68. The number of carbonyl (C=O) groups excluding carboxylic acids is 1. The van der Waals surface area contributed by atoms with Crippen molar-refractivity contribution in [3.63, 3.8) is 0 Å². The summed E-state index contributed by atoms with van der Waals surface area (Å²) in [4.78, 5) is 10.3. The summed E-state index contributed by atoms with van der Waals surface area (Å²) in [7, 11) is 0. The van der Waals surface area contributed by atoms with Gasteiger partial charge in [-0.05, 0) is 13.8 Å². The third-order valence-corrected chi connectivity index (χ3v) is 0.597. The van der Waals surface area contributed by atoms with E-state index in [-0.39, 0.29) is 25.6 Å². The standard InChI is InChI=1S/C5H11NO2.Zn/c1-3-6-5(7)8-4-2;/h3-4H2,1-2H3,(H,6,7);. The van der Waals surface area contributed by atoms with Crippen LogP contribution in [-0.2, 0) is 24.2 Å². The van der Waals surface area contributed by atoms with E-state index in [0.717, 1.165) is 0 Å². The number of amides is 1. The van der Waals surface area contributed by atoms with Gasteiger partial charge in [-0.25, -0.2) is 4.79 Å². The Balaban J connectivity index is 0. The van der Waals surface area contributed by atoms with E-state index in [2.05, 4.69) is 10.1 Å². The Morgan fingerprint density at radius 1 is 1.56 bits per heavy atom. The Morgan fingerprint density at radius 2 is 2.11 bits per heavy atom. The molecule has 1 N–H and O–H groups in total. The molecule has 0 heterocycles. The maximum absolute atomic E-state index is 10.3. The summed E-state index contributed by atoms with van der Waals surface area (Å²) < 4.78 is 4.53. The van der Waals surface area contributed by atoms with Crippen LogP contribution in [0.5, 0.6) is 0 Å². The van der Waals surface area contributed by atoms with Gasteiger partial charge in [0.2, 0.25) is 0 Å². The molecule has 0 spiro atoms. The van der Waals surface area contributed by atoms with Crippen molar-refractivity contribution < 1.29 is 29.0 Å². The topological polar surface area (TPSA) is 38.3 Å². The van der Waals surface area contributed by atoms with Gasteiger partial charge in [0.15, 0.2) is 0 Å². The van der Waals surface area contributed by atoms with Gasteiger partial charge in [0.05, 0.1) is 6.61 Å². The first kappa shape index (κ1) is 11.7. The molecule has 50 valence electrons. The van der Waals surface area contributed by atoms with Gasteiger partial charge >= 0.3 is 6.09 Å². The molecule has 0 fully saturated rings. The molecule has 0 radical (unpaired) electrons. The molecule has 4 heteroatoms. The van der Waals surface area contributed by atoms with Crippen molar-refractivity contribution in [2.75, 3.05) is 13.2 Å². The maximum Gasteiger partial charge on any atom is 0.407 e. The van der Waals surface area contributed by atoms with E-state index in [0.29, 0.717) is 13.2 Å². The summed E-state index contributed by atoms with van der Waals surface area (Å²) in [5, 5.41) is 2.49. The predicted molar refractivity (Wildman–Crippen MR) is 30.7 cm³/mol. The summed E-state index contributed by atoms with van der Waals surface area (Å²) in [5.41, 5.74) is 0. The molecule has 0 atom stereocenters. The molecule has 0 bridgehead atoms. The minimum Gasteiger partial charge on any atom is -0.450 e. The van der Waals surface area contributed by atoms with Gasteiger partial charge in [0.1, 0.15) is 0 Å². The Bertz CT molecular complexity index is 69.4. The Morgan fingerprint density at radius 3 is 2.44 bits per heavy atom. The number of hydrogen-bond acceptors (Lipinski definition) is 2. The fourth-order valence-electron chi connectivity index (χ4n) is 0.326. The summed E-state index contributed by atoms with van der Waals surface area (Å²) in [6, 6.07) is 0. The van der Waals surface area contributed by atoms with Gasteiger partial charge < -0.3 is 10.1 Å². The van der Waals surface area contributed by atoms with Gasteiger partial charge in [-0.15, -0.1) is 0 Å². The molecule has 1 amide bonds. The van der Waals surface area contributed by atoms with E-state index in [1.165, 1.54) is 0 Å². The number of carbonyl (C=O) groups is 1. The minimum absolute atomic E-state index is 0. The molecule has 0 aliphatic carbocycles. The third-order valence-electron chi connectivity index (χ3n) is 0.597. The first-order chi connectivity index (χ1) is 3.81. The molecule has 0 aliphatic heterocycles. The van der Waals surface area contributed by atoms with Gasteiger partial charge in [-0.1, -0.05) is 0 Å². The van der Waals surface area contributed by atoms with Crippen LogP contribution in [0.3, 0.4) is 0 Å².